The van der Waals surface area contributed by atoms with Crippen molar-refractivity contribution in [3.8, 4) is 11.6 Å². The number of ether oxygens (including phenoxy) is 2. The van der Waals surface area contributed by atoms with Gasteiger partial charge in [-0.05, 0) is 22.6 Å². The van der Waals surface area contributed by atoms with Gasteiger partial charge in [0.15, 0.2) is 5.69 Å². The molecule has 1 aromatic rings. The van der Waals surface area contributed by atoms with E-state index < -0.39 is 29.7 Å². The zero-order valence-corrected chi connectivity index (χ0v) is 10.4. The Hall–Kier alpha value is -1.26. The van der Waals surface area contributed by atoms with Gasteiger partial charge in [-0.2, -0.15) is 0 Å². The van der Waals surface area contributed by atoms with E-state index in [1.165, 1.54) is 22.6 Å². The van der Waals surface area contributed by atoms with Crippen LogP contribution >= 0.6 is 22.6 Å². The molecule has 1 N–H and O–H groups in total. The predicted molar refractivity (Wildman–Crippen MR) is 56.6 cm³/mol. The molecule has 1 aromatic heterocycles. The Morgan fingerprint density at radius 1 is 1.53 bits per heavy atom. The van der Waals surface area contributed by atoms with E-state index in [1.807, 2.05) is 0 Å². The summed E-state index contributed by atoms with van der Waals surface area (Å²) < 4.78 is 43.7. The van der Waals surface area contributed by atoms with Gasteiger partial charge in [-0.3, -0.25) is 0 Å². The van der Waals surface area contributed by atoms with Crippen molar-refractivity contribution in [2.24, 2.45) is 0 Å². The second-order valence-electron chi connectivity index (χ2n) is 2.68. The van der Waals surface area contributed by atoms with E-state index in [0.29, 0.717) is 0 Å². The summed E-state index contributed by atoms with van der Waals surface area (Å²) in [6.45, 7) is 0. The summed E-state index contributed by atoms with van der Waals surface area (Å²) in [5, 5.41) is 9.31. The molecule has 0 aromatic carbocycles. The zero-order chi connectivity index (χ0) is 13.2. The lowest BCUT2D eigenvalue weighted by molar-refractivity contribution is -0.276. The van der Waals surface area contributed by atoms with Crippen LogP contribution < -0.4 is 4.74 Å². The molecule has 0 saturated heterocycles. The van der Waals surface area contributed by atoms with Crippen LogP contribution in [0.2, 0.25) is 0 Å². The van der Waals surface area contributed by atoms with E-state index in [4.69, 9.17) is 0 Å². The first kappa shape index (κ1) is 13.8. The van der Waals surface area contributed by atoms with Gasteiger partial charge in [0.05, 0.1) is 10.7 Å². The van der Waals surface area contributed by atoms with Crippen LogP contribution in [0.15, 0.2) is 6.07 Å². The molecule has 1 rings (SSSR count). The monoisotopic (exact) mass is 363 g/mol. The van der Waals surface area contributed by atoms with E-state index in [1.54, 1.807) is 0 Å². The molecule has 94 valence electrons. The minimum Gasteiger partial charge on any atom is -0.505 e. The summed E-state index contributed by atoms with van der Waals surface area (Å²) in [6.07, 6.45) is -4.93. The highest BCUT2D eigenvalue weighted by Crippen LogP contribution is 2.30. The highest BCUT2D eigenvalue weighted by Gasteiger charge is 2.33. The van der Waals surface area contributed by atoms with Crippen molar-refractivity contribution in [2.45, 2.75) is 6.36 Å². The van der Waals surface area contributed by atoms with Gasteiger partial charge >= 0.3 is 12.3 Å². The van der Waals surface area contributed by atoms with Gasteiger partial charge < -0.3 is 14.6 Å². The van der Waals surface area contributed by atoms with E-state index in [2.05, 4.69) is 14.5 Å². The molecular weight excluding hydrogens is 358 g/mol. The molecule has 0 saturated carbocycles. The van der Waals surface area contributed by atoms with E-state index in [-0.39, 0.29) is 3.57 Å². The van der Waals surface area contributed by atoms with Gasteiger partial charge in [-0.25, -0.2) is 9.78 Å². The van der Waals surface area contributed by atoms with E-state index in [9.17, 15) is 23.1 Å². The summed E-state index contributed by atoms with van der Waals surface area (Å²) in [5.41, 5.74) is -0.646. The lowest BCUT2D eigenvalue weighted by atomic mass is 10.3. The fourth-order valence-corrected chi connectivity index (χ4v) is 1.42. The summed E-state index contributed by atoms with van der Waals surface area (Å²) in [4.78, 5) is 14.3. The molecule has 0 radical (unpaired) electrons. The molecule has 0 unspecified atom stereocenters. The summed E-state index contributed by atoms with van der Waals surface area (Å²) in [6, 6.07) is 0.918. The molecule has 0 bridgehead atoms. The SMILES string of the molecule is COC(=O)c1nc(OC(F)(F)F)c(I)cc1O. The number of nitrogens with zero attached hydrogens (tertiary/aromatic N) is 1. The Bertz CT molecular complexity index is 449. The number of pyridine rings is 1. The Kier molecular flexibility index (Phi) is 4.01. The van der Waals surface area contributed by atoms with Crippen LogP contribution in [0.5, 0.6) is 11.6 Å². The van der Waals surface area contributed by atoms with Crippen molar-refractivity contribution < 1.29 is 32.5 Å². The second-order valence-corrected chi connectivity index (χ2v) is 3.84. The van der Waals surface area contributed by atoms with Gasteiger partial charge in [0.25, 0.3) is 0 Å². The Balaban J connectivity index is 3.19. The molecule has 0 aliphatic carbocycles. The Labute approximate surface area is 107 Å². The maximum absolute atomic E-state index is 12.0. The zero-order valence-electron chi connectivity index (χ0n) is 8.21. The topological polar surface area (TPSA) is 68.7 Å². The molecule has 0 amide bonds. The highest BCUT2D eigenvalue weighted by atomic mass is 127. The number of aromatic nitrogens is 1. The molecule has 0 aliphatic rings. The third-order valence-electron chi connectivity index (χ3n) is 1.51. The van der Waals surface area contributed by atoms with Crippen molar-refractivity contribution in [3.05, 3.63) is 15.3 Å². The lowest BCUT2D eigenvalue weighted by Gasteiger charge is -2.11. The fourth-order valence-electron chi connectivity index (χ4n) is 0.890. The smallest absolute Gasteiger partial charge is 0.505 e. The van der Waals surface area contributed by atoms with Crippen LogP contribution in [-0.4, -0.2) is 29.5 Å². The van der Waals surface area contributed by atoms with Gasteiger partial charge in [0.1, 0.15) is 5.75 Å². The Morgan fingerprint density at radius 2 is 2.12 bits per heavy atom. The van der Waals surface area contributed by atoms with Gasteiger partial charge in [0, 0.05) is 6.07 Å². The maximum Gasteiger partial charge on any atom is 0.574 e. The number of carbonyl (C=O) groups is 1. The fraction of sp³-hybridized carbons (Fsp3) is 0.250. The van der Waals surface area contributed by atoms with Crippen LogP contribution in [0.3, 0.4) is 0 Å². The molecule has 0 spiro atoms. The highest BCUT2D eigenvalue weighted by molar-refractivity contribution is 14.1. The molecule has 5 nitrogen and oxygen atoms in total. The average Bonchev–Trinajstić information content (AvgIpc) is 2.19. The van der Waals surface area contributed by atoms with E-state index in [0.717, 1.165) is 13.2 Å². The quantitative estimate of drug-likeness (QED) is 0.644. The standard InChI is InChI=1S/C8H5F3INO4/c1-16-7(15)5-4(14)2-3(12)6(13-5)17-8(9,10)11/h2,14H,1H3. The van der Waals surface area contributed by atoms with Gasteiger partial charge in [0.2, 0.25) is 5.88 Å². The van der Waals surface area contributed by atoms with Crippen molar-refractivity contribution in [3.63, 3.8) is 0 Å². The lowest BCUT2D eigenvalue weighted by Crippen LogP contribution is -2.19. The number of carbonyl (C=O) groups excluding carboxylic acids is 1. The van der Waals surface area contributed by atoms with Crippen LogP contribution in [0.4, 0.5) is 13.2 Å². The van der Waals surface area contributed by atoms with Crippen molar-refractivity contribution in [1.29, 1.82) is 0 Å². The molecule has 0 atom stereocenters. The molecule has 0 fully saturated rings. The Morgan fingerprint density at radius 3 is 2.59 bits per heavy atom. The van der Waals surface area contributed by atoms with Gasteiger partial charge in [-0.15, -0.1) is 13.2 Å². The second kappa shape index (κ2) is 4.94. The first-order chi connectivity index (χ1) is 7.74. The van der Waals surface area contributed by atoms with Crippen LogP contribution in [0, 0.1) is 3.57 Å². The molecule has 0 aliphatic heterocycles. The third-order valence-corrected chi connectivity index (χ3v) is 2.29. The molecular formula is C8H5F3INO4. The van der Waals surface area contributed by atoms with Crippen LogP contribution in [-0.2, 0) is 4.74 Å². The molecule has 17 heavy (non-hydrogen) atoms. The summed E-state index contributed by atoms with van der Waals surface area (Å²) >= 11 is 1.48. The normalized spacial score (nSPS) is 11.1. The maximum atomic E-state index is 12.0. The first-order valence-corrected chi connectivity index (χ1v) is 5.06. The largest absolute Gasteiger partial charge is 0.574 e. The van der Waals surface area contributed by atoms with E-state index >= 15 is 0 Å². The summed E-state index contributed by atoms with van der Waals surface area (Å²) in [7, 11) is 1.01. The van der Waals surface area contributed by atoms with Gasteiger partial charge in [-0.1, -0.05) is 0 Å². The minimum absolute atomic E-state index is 0.0925. The molecule has 1 heterocycles. The number of halogens is 4. The number of esters is 1. The van der Waals surface area contributed by atoms with Crippen LogP contribution in [0.1, 0.15) is 10.5 Å². The summed E-state index contributed by atoms with van der Waals surface area (Å²) in [5.74, 6) is -2.47. The van der Waals surface area contributed by atoms with Crippen molar-refractivity contribution in [1.82, 2.24) is 4.98 Å². The first-order valence-electron chi connectivity index (χ1n) is 3.98. The predicted octanol–water partition coefficient (Wildman–Crippen LogP) is 2.08. The number of alkyl halides is 3. The average molecular weight is 363 g/mol. The van der Waals surface area contributed by atoms with Crippen molar-refractivity contribution >= 4 is 28.6 Å². The molecule has 9 heteroatoms. The van der Waals surface area contributed by atoms with Crippen molar-refractivity contribution in [2.75, 3.05) is 7.11 Å². The number of hydrogen-bond donors (Lipinski definition) is 1. The third kappa shape index (κ3) is 3.61. The number of hydrogen-bond acceptors (Lipinski definition) is 5. The number of aromatic hydroxyl groups is 1. The number of rotatable bonds is 2. The van der Waals surface area contributed by atoms with Crippen LogP contribution in [0.25, 0.3) is 0 Å². The minimum atomic E-state index is -4.93. The number of methoxy groups -OCH3 is 1.